The number of amides is 2. The summed E-state index contributed by atoms with van der Waals surface area (Å²) in [6.07, 6.45) is 1.63. The van der Waals surface area contributed by atoms with E-state index in [1.54, 1.807) is 6.07 Å². The second-order valence-electron chi connectivity index (χ2n) is 5.39. The van der Waals surface area contributed by atoms with E-state index in [2.05, 4.69) is 21.2 Å². The third kappa shape index (κ3) is 3.05. The summed E-state index contributed by atoms with van der Waals surface area (Å²) in [5, 5.41) is 12.3. The predicted octanol–water partition coefficient (Wildman–Crippen LogP) is 3.62. The molecule has 1 aromatic carbocycles. The van der Waals surface area contributed by atoms with Gasteiger partial charge < -0.3 is 15.3 Å². The molecule has 2 N–H and O–H groups in total. The number of likely N-dealkylation sites (tertiary alicyclic amines) is 1. The Morgan fingerprint density at radius 1 is 1.43 bits per heavy atom. The molecule has 114 valence electrons. The first-order valence-electron chi connectivity index (χ1n) is 6.98. The number of rotatable bonds is 3. The Labute approximate surface area is 132 Å². The second-order valence-corrected chi connectivity index (χ2v) is 6.31. The second kappa shape index (κ2) is 6.05. The Balaban J connectivity index is 2.21. The van der Waals surface area contributed by atoms with Crippen molar-refractivity contribution in [1.82, 2.24) is 4.90 Å². The van der Waals surface area contributed by atoms with Crippen LogP contribution >= 0.6 is 15.9 Å². The monoisotopic (exact) mass is 354 g/mol. The van der Waals surface area contributed by atoms with Crippen molar-refractivity contribution >= 4 is 33.6 Å². The van der Waals surface area contributed by atoms with Gasteiger partial charge >= 0.3 is 12.0 Å². The third-order valence-corrected chi connectivity index (χ3v) is 4.47. The van der Waals surface area contributed by atoms with Crippen LogP contribution in [0.15, 0.2) is 22.7 Å². The molecule has 2 rings (SSSR count). The minimum absolute atomic E-state index is 0.353. The van der Waals surface area contributed by atoms with Crippen LogP contribution in [0.4, 0.5) is 10.5 Å². The van der Waals surface area contributed by atoms with Crippen LogP contribution in [0.5, 0.6) is 0 Å². The highest BCUT2D eigenvalue weighted by Crippen LogP contribution is 2.33. The van der Waals surface area contributed by atoms with Gasteiger partial charge in [-0.2, -0.15) is 0 Å². The lowest BCUT2D eigenvalue weighted by atomic mass is 9.93. The molecule has 1 aliphatic rings. The normalized spacial score (nSPS) is 21.4. The van der Waals surface area contributed by atoms with Gasteiger partial charge in [0.1, 0.15) is 5.54 Å². The number of carbonyl (C=O) groups is 2. The van der Waals surface area contributed by atoms with Gasteiger partial charge in [-0.25, -0.2) is 9.59 Å². The zero-order chi connectivity index (χ0) is 15.6. The van der Waals surface area contributed by atoms with Crippen LogP contribution in [-0.4, -0.2) is 34.1 Å². The van der Waals surface area contributed by atoms with Crippen molar-refractivity contribution in [1.29, 1.82) is 0 Å². The minimum Gasteiger partial charge on any atom is -0.479 e. The fourth-order valence-electron chi connectivity index (χ4n) is 2.92. The number of benzene rings is 1. The molecule has 0 radical (unpaired) electrons. The molecular weight excluding hydrogens is 336 g/mol. The number of aliphatic carboxylic acids is 1. The quantitative estimate of drug-likeness (QED) is 0.870. The smallest absolute Gasteiger partial charge is 0.329 e. The molecule has 1 atom stereocenters. The number of hydrogen-bond acceptors (Lipinski definition) is 2. The van der Waals surface area contributed by atoms with E-state index in [-0.39, 0.29) is 6.03 Å². The lowest BCUT2D eigenvalue weighted by Gasteiger charge is -2.33. The summed E-state index contributed by atoms with van der Waals surface area (Å²) in [6, 6.07) is 5.25. The van der Waals surface area contributed by atoms with Crippen molar-refractivity contribution in [3.63, 3.8) is 0 Å². The Bertz CT molecular complexity index is 556. The molecule has 0 aromatic heterocycles. The average molecular weight is 355 g/mol. The summed E-state index contributed by atoms with van der Waals surface area (Å²) in [4.78, 5) is 25.5. The third-order valence-electron chi connectivity index (χ3n) is 4.01. The Hall–Kier alpha value is -1.56. The molecule has 1 aromatic rings. The number of anilines is 1. The summed E-state index contributed by atoms with van der Waals surface area (Å²) < 4.78 is 0.874. The van der Waals surface area contributed by atoms with E-state index in [4.69, 9.17) is 0 Å². The van der Waals surface area contributed by atoms with Gasteiger partial charge in [0, 0.05) is 16.7 Å². The van der Waals surface area contributed by atoms with Gasteiger partial charge in [0.25, 0.3) is 0 Å². The highest BCUT2D eigenvalue weighted by Gasteiger charge is 2.48. The fraction of sp³-hybridized carbons (Fsp3) is 0.467. The number of urea groups is 1. The van der Waals surface area contributed by atoms with Crippen LogP contribution in [0.2, 0.25) is 0 Å². The largest absolute Gasteiger partial charge is 0.479 e. The summed E-state index contributed by atoms with van der Waals surface area (Å²) in [7, 11) is 0. The standard InChI is InChI=1S/C15H19BrN2O3/c1-3-15(13(19)20)5-4-6-18(15)14(21)17-12-8-10(2)7-11(16)9-12/h7-9H,3-6H2,1-2H3,(H,17,21)(H,19,20). The molecule has 1 unspecified atom stereocenters. The Morgan fingerprint density at radius 2 is 2.14 bits per heavy atom. The summed E-state index contributed by atoms with van der Waals surface area (Å²) in [5.41, 5.74) is 0.598. The number of halogens is 1. The topological polar surface area (TPSA) is 69.6 Å². The molecule has 0 spiro atoms. The van der Waals surface area contributed by atoms with Gasteiger partial charge in [0.2, 0.25) is 0 Å². The maximum absolute atomic E-state index is 12.5. The molecule has 0 saturated carbocycles. The molecule has 6 heteroatoms. The van der Waals surface area contributed by atoms with Crippen LogP contribution < -0.4 is 5.32 Å². The molecule has 1 saturated heterocycles. The van der Waals surface area contributed by atoms with Gasteiger partial charge in [0.15, 0.2) is 0 Å². The number of carbonyl (C=O) groups excluding carboxylic acids is 1. The van der Waals surface area contributed by atoms with Crippen LogP contribution in [0.25, 0.3) is 0 Å². The highest BCUT2D eigenvalue weighted by atomic mass is 79.9. The first-order chi connectivity index (χ1) is 9.89. The Kier molecular flexibility index (Phi) is 4.56. The molecule has 2 amide bonds. The lowest BCUT2D eigenvalue weighted by Crippen LogP contribution is -2.54. The number of nitrogens with one attached hydrogen (secondary N) is 1. The molecular formula is C15H19BrN2O3. The van der Waals surface area contributed by atoms with E-state index in [1.807, 2.05) is 26.0 Å². The lowest BCUT2D eigenvalue weighted by molar-refractivity contribution is -0.148. The summed E-state index contributed by atoms with van der Waals surface area (Å²) in [5.74, 6) is -0.928. The molecule has 1 fully saturated rings. The number of aryl methyl sites for hydroxylation is 1. The molecule has 0 bridgehead atoms. The van der Waals surface area contributed by atoms with Crippen LogP contribution in [0, 0.1) is 6.92 Å². The van der Waals surface area contributed by atoms with E-state index in [9.17, 15) is 14.7 Å². The predicted molar refractivity (Wildman–Crippen MR) is 84.5 cm³/mol. The number of carboxylic acids is 1. The molecule has 21 heavy (non-hydrogen) atoms. The zero-order valence-electron chi connectivity index (χ0n) is 12.1. The van der Waals surface area contributed by atoms with Crippen molar-refractivity contribution in [2.24, 2.45) is 0 Å². The summed E-state index contributed by atoms with van der Waals surface area (Å²) in [6.45, 7) is 4.21. The average Bonchev–Trinajstić information content (AvgIpc) is 2.82. The van der Waals surface area contributed by atoms with E-state index < -0.39 is 11.5 Å². The molecule has 5 nitrogen and oxygen atoms in total. The zero-order valence-corrected chi connectivity index (χ0v) is 13.7. The van der Waals surface area contributed by atoms with Crippen LogP contribution in [0.3, 0.4) is 0 Å². The van der Waals surface area contributed by atoms with E-state index >= 15 is 0 Å². The van der Waals surface area contributed by atoms with E-state index in [1.165, 1.54) is 4.90 Å². The van der Waals surface area contributed by atoms with E-state index in [0.29, 0.717) is 31.5 Å². The maximum Gasteiger partial charge on any atom is 0.329 e. The minimum atomic E-state index is -1.08. The number of carboxylic acid groups (broad SMARTS) is 1. The maximum atomic E-state index is 12.5. The van der Waals surface area contributed by atoms with Crippen LogP contribution in [-0.2, 0) is 4.79 Å². The first kappa shape index (κ1) is 15.8. The van der Waals surface area contributed by atoms with Gasteiger partial charge in [-0.05, 0) is 49.9 Å². The van der Waals surface area contributed by atoms with Gasteiger partial charge in [0.05, 0.1) is 0 Å². The van der Waals surface area contributed by atoms with Crippen molar-refractivity contribution in [2.75, 3.05) is 11.9 Å². The highest BCUT2D eigenvalue weighted by molar-refractivity contribution is 9.10. The van der Waals surface area contributed by atoms with Crippen molar-refractivity contribution in [3.8, 4) is 0 Å². The first-order valence-corrected chi connectivity index (χ1v) is 7.77. The van der Waals surface area contributed by atoms with Crippen molar-refractivity contribution in [3.05, 3.63) is 28.2 Å². The van der Waals surface area contributed by atoms with Crippen molar-refractivity contribution < 1.29 is 14.7 Å². The van der Waals surface area contributed by atoms with Crippen LogP contribution in [0.1, 0.15) is 31.7 Å². The Morgan fingerprint density at radius 3 is 2.71 bits per heavy atom. The SMILES string of the molecule is CCC1(C(=O)O)CCCN1C(=O)Nc1cc(C)cc(Br)c1. The molecule has 0 aliphatic carbocycles. The summed E-state index contributed by atoms with van der Waals surface area (Å²) >= 11 is 3.39. The molecule has 1 aliphatic heterocycles. The fourth-order valence-corrected chi connectivity index (χ4v) is 3.52. The van der Waals surface area contributed by atoms with Crippen molar-refractivity contribution in [2.45, 2.75) is 38.6 Å². The van der Waals surface area contributed by atoms with Gasteiger partial charge in [-0.15, -0.1) is 0 Å². The van der Waals surface area contributed by atoms with Gasteiger partial charge in [-0.1, -0.05) is 22.9 Å². The molecule has 1 heterocycles. The number of hydrogen-bond donors (Lipinski definition) is 2. The number of nitrogens with zero attached hydrogens (tertiary/aromatic N) is 1. The van der Waals surface area contributed by atoms with E-state index in [0.717, 1.165) is 10.0 Å². The van der Waals surface area contributed by atoms with Gasteiger partial charge in [-0.3, -0.25) is 0 Å².